The molecule has 0 radical (unpaired) electrons. The van der Waals surface area contributed by atoms with Crippen LogP contribution in [-0.4, -0.2) is 34.8 Å². The van der Waals surface area contributed by atoms with Crippen molar-refractivity contribution in [1.29, 1.82) is 0 Å². The Morgan fingerprint density at radius 3 is 2.58 bits per heavy atom. The molecule has 2 heterocycles. The van der Waals surface area contributed by atoms with Gasteiger partial charge in [-0.25, -0.2) is 18.2 Å². The summed E-state index contributed by atoms with van der Waals surface area (Å²) in [5.74, 6) is 1.89. The van der Waals surface area contributed by atoms with Crippen molar-refractivity contribution >= 4 is 5.91 Å². The molecule has 1 saturated heterocycles. The van der Waals surface area contributed by atoms with E-state index in [1.165, 1.54) is 24.4 Å². The lowest BCUT2D eigenvalue weighted by atomic mass is 10.2. The van der Waals surface area contributed by atoms with E-state index in [2.05, 4.69) is 16.8 Å². The number of alkyl halides is 2. The molecule has 1 aromatic carbocycles. The first-order valence-corrected chi connectivity index (χ1v) is 7.34. The molecule has 1 fully saturated rings. The van der Waals surface area contributed by atoms with Crippen LogP contribution < -0.4 is 0 Å². The lowest BCUT2D eigenvalue weighted by molar-refractivity contribution is 0.0119. The lowest BCUT2D eigenvalue weighted by Crippen LogP contribution is -2.31. The maximum atomic E-state index is 13.2. The average molecular weight is 330 g/mol. The molecule has 3 rings (SSSR count). The molecule has 122 valence electrons. The van der Waals surface area contributed by atoms with Crippen molar-refractivity contribution in [3.63, 3.8) is 0 Å². The van der Waals surface area contributed by atoms with E-state index in [9.17, 15) is 18.0 Å². The van der Waals surface area contributed by atoms with Crippen LogP contribution in [0.2, 0.25) is 0 Å². The van der Waals surface area contributed by atoms with Gasteiger partial charge in [0.25, 0.3) is 11.8 Å². The van der Waals surface area contributed by atoms with Crippen molar-refractivity contribution in [3.8, 4) is 11.8 Å². The summed E-state index contributed by atoms with van der Waals surface area (Å²) in [4.78, 5) is 17.2. The molecule has 6 heteroatoms. The van der Waals surface area contributed by atoms with E-state index in [0.717, 1.165) is 4.90 Å². The van der Waals surface area contributed by atoms with Gasteiger partial charge in [0, 0.05) is 30.3 Å². The van der Waals surface area contributed by atoms with Crippen LogP contribution in [0.3, 0.4) is 0 Å². The fourth-order valence-corrected chi connectivity index (χ4v) is 2.38. The second-order valence-corrected chi connectivity index (χ2v) is 5.53. The minimum atomic E-state index is -2.83. The van der Waals surface area contributed by atoms with Gasteiger partial charge < -0.3 is 4.90 Å². The highest BCUT2D eigenvalue weighted by atomic mass is 19.3. The standard InChI is InChI=1S/C18H13F3N2O/c19-15-3-1-2-13(10-15)4-5-14-6-7-16(22-11-14)17(24)23-9-8-18(20,21)12-23/h1-3,6-7,10-11H,8-9,12H2. The van der Waals surface area contributed by atoms with E-state index >= 15 is 0 Å². The molecule has 1 aliphatic heterocycles. The van der Waals surface area contributed by atoms with E-state index in [1.54, 1.807) is 18.2 Å². The van der Waals surface area contributed by atoms with Crippen LogP contribution >= 0.6 is 0 Å². The van der Waals surface area contributed by atoms with Gasteiger partial charge in [0.2, 0.25) is 0 Å². The van der Waals surface area contributed by atoms with Gasteiger partial charge in [-0.15, -0.1) is 0 Å². The van der Waals surface area contributed by atoms with Gasteiger partial charge in [-0.1, -0.05) is 17.9 Å². The molecular formula is C18H13F3N2O. The minimum absolute atomic E-state index is 0.0225. The number of carbonyl (C=O) groups excluding carboxylic acids is 1. The topological polar surface area (TPSA) is 33.2 Å². The van der Waals surface area contributed by atoms with Crippen molar-refractivity contribution in [2.24, 2.45) is 0 Å². The second-order valence-electron chi connectivity index (χ2n) is 5.53. The molecule has 1 aliphatic rings. The Kier molecular flexibility index (Phi) is 4.26. The number of amides is 1. The van der Waals surface area contributed by atoms with Crippen molar-refractivity contribution in [1.82, 2.24) is 9.88 Å². The predicted molar refractivity (Wildman–Crippen MR) is 82.1 cm³/mol. The summed E-state index contributed by atoms with van der Waals surface area (Å²) in [7, 11) is 0. The molecule has 2 aromatic rings. The molecule has 0 atom stereocenters. The summed E-state index contributed by atoms with van der Waals surface area (Å²) in [5, 5.41) is 0. The van der Waals surface area contributed by atoms with Crippen molar-refractivity contribution in [2.45, 2.75) is 12.3 Å². The van der Waals surface area contributed by atoms with Crippen molar-refractivity contribution in [3.05, 3.63) is 65.2 Å². The molecule has 0 N–H and O–H groups in total. The largest absolute Gasteiger partial charge is 0.331 e. The zero-order valence-electron chi connectivity index (χ0n) is 12.6. The minimum Gasteiger partial charge on any atom is -0.331 e. The van der Waals surface area contributed by atoms with E-state index in [1.807, 2.05) is 0 Å². The molecule has 24 heavy (non-hydrogen) atoms. The summed E-state index contributed by atoms with van der Waals surface area (Å²) in [5.41, 5.74) is 1.17. The smallest absolute Gasteiger partial charge is 0.272 e. The van der Waals surface area contributed by atoms with Gasteiger partial charge in [0.1, 0.15) is 11.5 Å². The predicted octanol–water partition coefficient (Wildman–Crippen LogP) is 3.10. The molecule has 3 nitrogen and oxygen atoms in total. The zero-order chi connectivity index (χ0) is 17.2. The van der Waals surface area contributed by atoms with Gasteiger partial charge in [0.15, 0.2) is 0 Å². The number of likely N-dealkylation sites (tertiary alicyclic amines) is 1. The average Bonchev–Trinajstić information content (AvgIpc) is 2.93. The molecule has 0 spiro atoms. The summed E-state index contributed by atoms with van der Waals surface area (Å²) in [6, 6.07) is 8.91. The van der Waals surface area contributed by atoms with Gasteiger partial charge in [-0.3, -0.25) is 4.79 Å². The Labute approximate surface area is 137 Å². The number of halogens is 3. The third-order valence-corrected chi connectivity index (χ3v) is 3.62. The van der Waals surface area contributed by atoms with Crippen molar-refractivity contribution < 1.29 is 18.0 Å². The SMILES string of the molecule is O=C(c1ccc(C#Cc2cccc(F)c2)cn1)N1CCC(F)(F)C1. The molecule has 0 aliphatic carbocycles. The molecule has 0 bridgehead atoms. The quantitative estimate of drug-likeness (QED) is 0.753. The van der Waals surface area contributed by atoms with Gasteiger partial charge in [-0.2, -0.15) is 0 Å². The highest BCUT2D eigenvalue weighted by Gasteiger charge is 2.40. The number of carbonyl (C=O) groups is 1. The Bertz CT molecular complexity index is 822. The van der Waals surface area contributed by atoms with E-state index in [0.29, 0.717) is 11.1 Å². The highest BCUT2D eigenvalue weighted by Crippen LogP contribution is 2.27. The summed E-state index contributed by atoms with van der Waals surface area (Å²) < 4.78 is 39.4. The lowest BCUT2D eigenvalue weighted by Gasteiger charge is -2.15. The zero-order valence-corrected chi connectivity index (χ0v) is 12.6. The number of rotatable bonds is 1. The van der Waals surface area contributed by atoms with Crippen LogP contribution in [0.4, 0.5) is 13.2 Å². The first kappa shape index (κ1) is 16.1. The Balaban J connectivity index is 1.71. The van der Waals surface area contributed by atoms with E-state index in [4.69, 9.17) is 0 Å². The molecular weight excluding hydrogens is 317 g/mol. The Morgan fingerprint density at radius 2 is 1.96 bits per heavy atom. The Hall–Kier alpha value is -2.81. The fourth-order valence-electron chi connectivity index (χ4n) is 2.38. The first-order chi connectivity index (χ1) is 11.4. The number of nitrogens with zero attached hydrogens (tertiary/aromatic N) is 2. The number of pyridine rings is 1. The maximum Gasteiger partial charge on any atom is 0.272 e. The number of hydrogen-bond acceptors (Lipinski definition) is 2. The number of benzene rings is 1. The van der Waals surface area contributed by atoms with Crippen LogP contribution in [0.15, 0.2) is 42.6 Å². The second kappa shape index (κ2) is 6.36. The highest BCUT2D eigenvalue weighted by molar-refractivity contribution is 5.92. The number of aromatic nitrogens is 1. The van der Waals surface area contributed by atoms with Crippen LogP contribution in [0, 0.1) is 17.7 Å². The van der Waals surface area contributed by atoms with Crippen LogP contribution in [0.25, 0.3) is 0 Å². The summed E-state index contributed by atoms with van der Waals surface area (Å²) in [6.07, 6.45) is 1.07. The normalized spacial score (nSPS) is 15.7. The number of hydrogen-bond donors (Lipinski definition) is 0. The van der Waals surface area contributed by atoms with Crippen LogP contribution in [-0.2, 0) is 0 Å². The van der Waals surface area contributed by atoms with Crippen LogP contribution in [0.1, 0.15) is 28.0 Å². The molecule has 0 unspecified atom stereocenters. The third kappa shape index (κ3) is 3.74. The van der Waals surface area contributed by atoms with E-state index < -0.39 is 18.4 Å². The van der Waals surface area contributed by atoms with Crippen LogP contribution in [0.5, 0.6) is 0 Å². The van der Waals surface area contributed by atoms with Gasteiger partial charge in [0.05, 0.1) is 6.54 Å². The monoisotopic (exact) mass is 330 g/mol. The summed E-state index contributed by atoms with van der Waals surface area (Å²) >= 11 is 0. The van der Waals surface area contributed by atoms with E-state index in [-0.39, 0.29) is 24.5 Å². The first-order valence-electron chi connectivity index (χ1n) is 7.34. The molecule has 0 saturated carbocycles. The van der Waals surface area contributed by atoms with Crippen molar-refractivity contribution in [2.75, 3.05) is 13.1 Å². The third-order valence-electron chi connectivity index (χ3n) is 3.62. The fraction of sp³-hybridized carbons (Fsp3) is 0.222. The maximum absolute atomic E-state index is 13.2. The molecule has 1 aromatic heterocycles. The van der Waals surface area contributed by atoms with Gasteiger partial charge in [-0.05, 0) is 30.3 Å². The van der Waals surface area contributed by atoms with Gasteiger partial charge >= 0.3 is 0 Å². The molecule has 1 amide bonds. The Morgan fingerprint density at radius 1 is 1.17 bits per heavy atom. The summed E-state index contributed by atoms with van der Waals surface area (Å²) in [6.45, 7) is -0.552.